The van der Waals surface area contributed by atoms with Crippen LogP contribution in [0, 0.1) is 5.41 Å². The number of thiazole rings is 1. The maximum atomic E-state index is 4.75. The lowest BCUT2D eigenvalue weighted by molar-refractivity contribution is 0.138. The normalized spacial score (nSPS) is 22.5. The summed E-state index contributed by atoms with van der Waals surface area (Å²) in [6, 6.07) is 6.91. The summed E-state index contributed by atoms with van der Waals surface area (Å²) in [7, 11) is 2.27. The van der Waals surface area contributed by atoms with Crippen molar-refractivity contribution in [1.29, 1.82) is 0 Å². The number of aromatic nitrogens is 3. The van der Waals surface area contributed by atoms with Crippen LogP contribution in [-0.2, 0) is 13.1 Å². The van der Waals surface area contributed by atoms with E-state index in [0.717, 1.165) is 24.8 Å². The number of imidazole rings is 1. The highest BCUT2D eigenvalue weighted by molar-refractivity contribution is 7.09. The predicted octanol–water partition coefficient (Wildman–Crippen LogP) is 3.28. The highest BCUT2D eigenvalue weighted by Crippen LogP contribution is 2.56. The third kappa shape index (κ3) is 3.06. The Balaban J connectivity index is 1.16. The molecule has 26 heavy (non-hydrogen) atoms. The molecule has 2 fully saturated rings. The van der Waals surface area contributed by atoms with E-state index in [0.29, 0.717) is 5.41 Å². The van der Waals surface area contributed by atoms with Crippen molar-refractivity contribution in [3.63, 3.8) is 0 Å². The van der Waals surface area contributed by atoms with Crippen molar-refractivity contribution in [3.05, 3.63) is 52.9 Å². The molecule has 0 amide bonds. The molecular weight excluding hydrogens is 342 g/mol. The summed E-state index contributed by atoms with van der Waals surface area (Å²) in [5, 5.41) is 3.31. The fourth-order valence-corrected chi connectivity index (χ4v) is 5.27. The minimum atomic E-state index is 0.557. The van der Waals surface area contributed by atoms with Crippen molar-refractivity contribution in [3.8, 4) is 0 Å². The lowest BCUT2D eigenvalue weighted by Gasteiger charge is -2.33. The molecule has 3 aromatic rings. The van der Waals surface area contributed by atoms with Gasteiger partial charge in [0.05, 0.1) is 12.2 Å². The van der Waals surface area contributed by atoms with Gasteiger partial charge in [-0.1, -0.05) is 6.07 Å². The van der Waals surface area contributed by atoms with Crippen LogP contribution in [0.25, 0.3) is 5.65 Å². The van der Waals surface area contributed by atoms with Gasteiger partial charge >= 0.3 is 0 Å². The second-order valence-corrected chi connectivity index (χ2v) is 8.88. The van der Waals surface area contributed by atoms with Crippen LogP contribution in [0.2, 0.25) is 0 Å². The fourth-order valence-electron chi connectivity index (χ4n) is 4.59. The molecule has 5 nitrogen and oxygen atoms in total. The molecule has 0 N–H and O–H groups in total. The van der Waals surface area contributed by atoms with E-state index in [9.17, 15) is 0 Å². The number of piperidine rings is 1. The van der Waals surface area contributed by atoms with Gasteiger partial charge in [-0.05, 0) is 56.9 Å². The number of likely N-dealkylation sites (tertiary alicyclic amines) is 1. The largest absolute Gasteiger partial charge is 0.307 e. The van der Waals surface area contributed by atoms with E-state index >= 15 is 0 Å². The fraction of sp³-hybridized carbons (Fsp3) is 0.500. The molecule has 5 rings (SSSR count). The molecule has 1 aliphatic heterocycles. The molecule has 0 radical (unpaired) electrons. The molecular formula is C20H25N5S. The minimum Gasteiger partial charge on any atom is -0.307 e. The molecule has 1 atom stereocenters. The van der Waals surface area contributed by atoms with Gasteiger partial charge in [0, 0.05) is 36.6 Å². The lowest BCUT2D eigenvalue weighted by atomic mass is 9.92. The lowest BCUT2D eigenvalue weighted by Crippen LogP contribution is -2.37. The zero-order valence-electron chi connectivity index (χ0n) is 15.2. The number of hydrogen-bond acceptors (Lipinski definition) is 5. The van der Waals surface area contributed by atoms with Crippen LogP contribution < -0.4 is 0 Å². The molecule has 0 aromatic carbocycles. The first-order chi connectivity index (χ1) is 12.7. The number of nitrogens with zero attached hydrogens (tertiary/aromatic N) is 5. The highest BCUT2D eigenvalue weighted by atomic mass is 32.1. The Kier molecular flexibility index (Phi) is 4.07. The van der Waals surface area contributed by atoms with E-state index in [2.05, 4.69) is 56.1 Å². The monoisotopic (exact) mass is 367 g/mol. The summed E-state index contributed by atoms with van der Waals surface area (Å²) in [5.74, 6) is 0. The Bertz CT molecular complexity index is 846. The van der Waals surface area contributed by atoms with Gasteiger partial charge in [0.1, 0.15) is 10.7 Å². The Labute approximate surface area is 158 Å². The summed E-state index contributed by atoms with van der Waals surface area (Å²) >= 11 is 1.76. The van der Waals surface area contributed by atoms with Gasteiger partial charge in [0.25, 0.3) is 0 Å². The Morgan fingerprint density at radius 1 is 1.31 bits per heavy atom. The van der Waals surface area contributed by atoms with E-state index in [1.807, 2.05) is 12.3 Å². The molecule has 0 bridgehead atoms. The maximum Gasteiger partial charge on any atom is 0.137 e. The van der Waals surface area contributed by atoms with Crippen molar-refractivity contribution in [1.82, 2.24) is 24.2 Å². The van der Waals surface area contributed by atoms with Crippen LogP contribution >= 0.6 is 11.3 Å². The molecule has 1 unspecified atom stereocenters. The number of rotatable bonds is 5. The van der Waals surface area contributed by atoms with E-state index < -0.39 is 0 Å². The molecule has 1 saturated heterocycles. The van der Waals surface area contributed by atoms with Gasteiger partial charge in [-0.2, -0.15) is 0 Å². The molecule has 136 valence electrons. The number of fused-ring (bicyclic) bond motifs is 1. The minimum absolute atomic E-state index is 0.557. The van der Waals surface area contributed by atoms with Gasteiger partial charge in [0.2, 0.25) is 0 Å². The summed E-state index contributed by atoms with van der Waals surface area (Å²) in [5.41, 5.74) is 2.78. The van der Waals surface area contributed by atoms with Gasteiger partial charge in [0.15, 0.2) is 0 Å². The number of hydrogen-bond donors (Lipinski definition) is 0. The average molecular weight is 368 g/mol. The van der Waals surface area contributed by atoms with Gasteiger partial charge < -0.3 is 4.40 Å². The first-order valence-corrected chi connectivity index (χ1v) is 10.3. The molecule has 2 aliphatic rings. The second kappa shape index (κ2) is 6.44. The zero-order valence-corrected chi connectivity index (χ0v) is 16.0. The molecule has 4 heterocycles. The molecule has 1 aliphatic carbocycles. The van der Waals surface area contributed by atoms with Gasteiger partial charge in [-0.3, -0.25) is 9.80 Å². The maximum absolute atomic E-state index is 4.75. The van der Waals surface area contributed by atoms with Crippen LogP contribution in [0.5, 0.6) is 0 Å². The number of pyridine rings is 1. The van der Waals surface area contributed by atoms with Crippen LogP contribution in [0.3, 0.4) is 0 Å². The summed E-state index contributed by atoms with van der Waals surface area (Å²) < 4.78 is 2.12. The third-order valence-electron chi connectivity index (χ3n) is 6.20. The summed E-state index contributed by atoms with van der Waals surface area (Å²) in [4.78, 5) is 14.3. The molecule has 3 aromatic heterocycles. The van der Waals surface area contributed by atoms with Crippen molar-refractivity contribution in [2.75, 3.05) is 20.1 Å². The zero-order chi connectivity index (χ0) is 17.6. The quantitative estimate of drug-likeness (QED) is 0.693. The van der Waals surface area contributed by atoms with Crippen LogP contribution in [-0.4, -0.2) is 50.3 Å². The SMILES string of the molecule is CN(Cc1nccs1)C1CC12CCN(Cc1cn3ccccc3n1)CC2. The molecule has 1 saturated carbocycles. The van der Waals surface area contributed by atoms with Crippen LogP contribution in [0.15, 0.2) is 42.2 Å². The standard InChI is InChI=1S/C20H25N5S/c1-23(15-19-21-7-11-26-19)17-12-20(17)5-9-24(10-6-20)13-16-14-25-8-3-2-4-18(25)22-16/h2-4,7-8,11,14,17H,5-6,9-10,12-13,15H2,1H3. The average Bonchev–Trinajstić information content (AvgIpc) is 3.00. The Morgan fingerprint density at radius 2 is 2.19 bits per heavy atom. The third-order valence-corrected chi connectivity index (χ3v) is 6.96. The highest BCUT2D eigenvalue weighted by Gasteiger charge is 2.56. The first kappa shape index (κ1) is 16.4. The van der Waals surface area contributed by atoms with Gasteiger partial charge in [-0.25, -0.2) is 9.97 Å². The van der Waals surface area contributed by atoms with E-state index in [4.69, 9.17) is 4.98 Å². The molecule has 1 spiro atoms. The first-order valence-electron chi connectivity index (χ1n) is 9.45. The van der Waals surface area contributed by atoms with E-state index in [1.54, 1.807) is 11.3 Å². The van der Waals surface area contributed by atoms with Crippen LogP contribution in [0.4, 0.5) is 0 Å². The summed E-state index contributed by atoms with van der Waals surface area (Å²) in [6.45, 7) is 4.34. The van der Waals surface area contributed by atoms with Crippen molar-refractivity contribution in [2.45, 2.75) is 38.4 Å². The topological polar surface area (TPSA) is 36.7 Å². The summed E-state index contributed by atoms with van der Waals surface area (Å²) in [6.07, 6.45) is 10.1. The van der Waals surface area contributed by atoms with Crippen molar-refractivity contribution < 1.29 is 0 Å². The van der Waals surface area contributed by atoms with Gasteiger partial charge in [-0.15, -0.1) is 11.3 Å². The van der Waals surface area contributed by atoms with Crippen molar-refractivity contribution >= 4 is 17.0 Å². The Morgan fingerprint density at radius 3 is 2.96 bits per heavy atom. The smallest absolute Gasteiger partial charge is 0.137 e. The second-order valence-electron chi connectivity index (χ2n) is 7.90. The Hall–Kier alpha value is -1.76. The van der Waals surface area contributed by atoms with Crippen LogP contribution in [0.1, 0.15) is 30.0 Å². The molecule has 6 heteroatoms. The van der Waals surface area contributed by atoms with Crippen molar-refractivity contribution in [2.24, 2.45) is 5.41 Å². The van der Waals surface area contributed by atoms with E-state index in [1.165, 1.54) is 43.1 Å². The predicted molar refractivity (Wildman–Crippen MR) is 104 cm³/mol. The van der Waals surface area contributed by atoms with E-state index in [-0.39, 0.29) is 0 Å².